The maximum Gasteiger partial charge on any atom is 0.262 e. The van der Waals surface area contributed by atoms with Crippen molar-refractivity contribution in [1.82, 2.24) is 9.88 Å². The highest BCUT2D eigenvalue weighted by Crippen LogP contribution is 2.36. The van der Waals surface area contributed by atoms with Gasteiger partial charge in [-0.05, 0) is 43.7 Å². The normalized spacial score (nSPS) is 12.2. The summed E-state index contributed by atoms with van der Waals surface area (Å²) in [6, 6.07) is 8.58. The van der Waals surface area contributed by atoms with Crippen LogP contribution in [0.4, 0.5) is 4.39 Å². The quantitative estimate of drug-likeness (QED) is 0.582. The number of aliphatic hydroxyl groups excluding tert-OH is 1. The van der Waals surface area contributed by atoms with Crippen molar-refractivity contribution in [3.8, 4) is 5.75 Å². The molecule has 1 aromatic heterocycles. The van der Waals surface area contributed by atoms with E-state index in [0.717, 1.165) is 6.07 Å². The molecule has 0 unspecified atom stereocenters. The number of nitrogens with zero attached hydrogens (tertiary/aromatic N) is 1. The van der Waals surface area contributed by atoms with E-state index >= 15 is 0 Å². The van der Waals surface area contributed by atoms with E-state index in [-0.39, 0.29) is 5.52 Å². The predicted molar refractivity (Wildman–Crippen MR) is 103 cm³/mol. The predicted octanol–water partition coefficient (Wildman–Crippen LogP) is 3.31. The van der Waals surface area contributed by atoms with Crippen molar-refractivity contribution in [2.75, 3.05) is 6.73 Å². The fourth-order valence-electron chi connectivity index (χ4n) is 3.37. The van der Waals surface area contributed by atoms with Crippen LogP contribution in [-0.4, -0.2) is 33.3 Å². The van der Waals surface area contributed by atoms with Gasteiger partial charge in [-0.1, -0.05) is 17.7 Å². The van der Waals surface area contributed by atoms with Crippen molar-refractivity contribution in [2.24, 2.45) is 0 Å². The lowest BCUT2D eigenvalue weighted by Gasteiger charge is -2.12. The Balaban J connectivity index is 2.28. The number of carbonyl (C=O) groups excluding carboxylic acids is 2. The molecule has 6 nitrogen and oxygen atoms in total. The first kappa shape index (κ1) is 19.9. The number of aromatic hydroxyl groups is 1. The van der Waals surface area contributed by atoms with E-state index in [1.54, 1.807) is 32.0 Å². The molecule has 0 bridgehead atoms. The maximum atomic E-state index is 14.1. The van der Waals surface area contributed by atoms with Crippen LogP contribution in [0.1, 0.15) is 34.5 Å². The zero-order valence-corrected chi connectivity index (χ0v) is 15.9. The molecule has 1 heterocycles. The van der Waals surface area contributed by atoms with Gasteiger partial charge in [0.2, 0.25) is 5.91 Å². The van der Waals surface area contributed by atoms with E-state index in [9.17, 15) is 19.1 Å². The molecule has 0 radical (unpaired) electrons. The summed E-state index contributed by atoms with van der Waals surface area (Å²) in [7, 11) is 0. The Morgan fingerprint density at radius 2 is 2.00 bits per heavy atom. The first-order chi connectivity index (χ1) is 13.3. The molecular formula is C20H18ClFN2O4. The van der Waals surface area contributed by atoms with Gasteiger partial charge in [0.1, 0.15) is 6.73 Å². The van der Waals surface area contributed by atoms with E-state index in [4.69, 9.17) is 16.7 Å². The fourth-order valence-corrected chi connectivity index (χ4v) is 3.56. The smallest absolute Gasteiger partial charge is 0.262 e. The topological polar surface area (TPSA) is 91.6 Å². The molecule has 0 saturated carbocycles. The number of aliphatic hydroxyl groups is 1. The van der Waals surface area contributed by atoms with Gasteiger partial charge in [-0.15, -0.1) is 0 Å². The second-order valence-electron chi connectivity index (χ2n) is 6.39. The Bertz CT molecular complexity index is 1090. The molecule has 8 heteroatoms. The third kappa shape index (κ3) is 3.34. The summed E-state index contributed by atoms with van der Waals surface area (Å²) in [5.74, 6) is -3.15. The fraction of sp³-hybridized carbons (Fsp3) is 0.200. The zero-order chi connectivity index (χ0) is 20.6. The van der Waals surface area contributed by atoms with Crippen LogP contribution in [0.15, 0.2) is 36.4 Å². The molecular weight excluding hydrogens is 387 g/mol. The number of hydrogen-bond acceptors (Lipinski definition) is 4. The van der Waals surface area contributed by atoms with Gasteiger partial charge in [-0.3, -0.25) is 14.2 Å². The van der Waals surface area contributed by atoms with Crippen LogP contribution >= 0.6 is 11.6 Å². The van der Waals surface area contributed by atoms with Crippen LogP contribution < -0.4 is 5.32 Å². The molecule has 0 spiro atoms. The Labute approximate surface area is 165 Å². The number of rotatable bonds is 4. The lowest BCUT2D eigenvalue weighted by Crippen LogP contribution is -2.29. The molecule has 146 valence electrons. The molecule has 1 atom stereocenters. The molecule has 3 N–H and O–H groups in total. The number of amides is 1. The zero-order valence-electron chi connectivity index (χ0n) is 15.2. The minimum absolute atomic E-state index is 0.219. The molecule has 0 aliphatic rings. The van der Waals surface area contributed by atoms with Crippen molar-refractivity contribution in [3.63, 3.8) is 0 Å². The molecule has 3 rings (SSSR count). The summed E-state index contributed by atoms with van der Waals surface area (Å²) in [5, 5.41) is 21.9. The number of phenolic OH excluding ortho intramolecular Hbond substituents is 1. The molecule has 3 aromatic rings. The monoisotopic (exact) mass is 404 g/mol. The summed E-state index contributed by atoms with van der Waals surface area (Å²) in [5.41, 5.74) is 1.38. The standard InChI is InChI=1S/C20H18ClFN2O4/c1-10(19(27)23-9-25)18-11(2)24(16-8-15(22)17(26)7-14(16)18)20(28)12-4-3-5-13(21)6-12/h3-8,10,25-26H,9H2,1-2H3,(H,23,27)/t10-/m1/s1. The van der Waals surface area contributed by atoms with Crippen molar-refractivity contribution < 1.29 is 24.2 Å². The second-order valence-corrected chi connectivity index (χ2v) is 6.83. The largest absolute Gasteiger partial charge is 0.505 e. The molecule has 0 aliphatic carbocycles. The van der Waals surface area contributed by atoms with Crippen LogP contribution in [0.3, 0.4) is 0 Å². The van der Waals surface area contributed by atoms with Gasteiger partial charge in [-0.25, -0.2) is 4.39 Å². The van der Waals surface area contributed by atoms with Gasteiger partial charge in [0.15, 0.2) is 11.6 Å². The third-order valence-corrected chi connectivity index (χ3v) is 4.91. The average molecular weight is 405 g/mol. The molecule has 0 aliphatic heterocycles. The Kier molecular flexibility index (Phi) is 5.40. The number of fused-ring (bicyclic) bond motifs is 1. The summed E-state index contributed by atoms with van der Waals surface area (Å²) < 4.78 is 15.4. The highest BCUT2D eigenvalue weighted by atomic mass is 35.5. The van der Waals surface area contributed by atoms with Crippen LogP contribution in [0, 0.1) is 12.7 Å². The van der Waals surface area contributed by atoms with Crippen molar-refractivity contribution in [1.29, 1.82) is 0 Å². The Hall–Kier alpha value is -2.90. The highest BCUT2D eigenvalue weighted by molar-refractivity contribution is 6.31. The average Bonchev–Trinajstić information content (AvgIpc) is 2.92. The minimum Gasteiger partial charge on any atom is -0.505 e. The van der Waals surface area contributed by atoms with Crippen LogP contribution in [0.5, 0.6) is 5.75 Å². The minimum atomic E-state index is -0.885. The second kappa shape index (κ2) is 7.61. The molecule has 1 amide bonds. The van der Waals surface area contributed by atoms with E-state index < -0.39 is 36.0 Å². The summed E-state index contributed by atoms with van der Waals surface area (Å²) in [6.45, 7) is 2.69. The Morgan fingerprint density at radius 3 is 2.64 bits per heavy atom. The number of halogens is 2. The number of phenols is 1. The number of nitrogens with one attached hydrogen (secondary N) is 1. The van der Waals surface area contributed by atoms with E-state index in [1.807, 2.05) is 0 Å². The summed E-state index contributed by atoms with van der Waals surface area (Å²) in [4.78, 5) is 25.4. The van der Waals surface area contributed by atoms with Crippen LogP contribution in [-0.2, 0) is 4.79 Å². The van der Waals surface area contributed by atoms with E-state index in [1.165, 1.54) is 16.7 Å². The molecule has 0 fully saturated rings. The van der Waals surface area contributed by atoms with Gasteiger partial charge < -0.3 is 15.5 Å². The first-order valence-electron chi connectivity index (χ1n) is 8.48. The number of benzene rings is 2. The third-order valence-electron chi connectivity index (χ3n) is 4.68. The molecule has 0 saturated heterocycles. The highest BCUT2D eigenvalue weighted by Gasteiger charge is 2.27. The molecule has 2 aromatic carbocycles. The lowest BCUT2D eigenvalue weighted by molar-refractivity contribution is -0.123. The van der Waals surface area contributed by atoms with Crippen LogP contribution in [0.2, 0.25) is 5.02 Å². The lowest BCUT2D eigenvalue weighted by atomic mass is 9.97. The first-order valence-corrected chi connectivity index (χ1v) is 8.86. The van der Waals surface area contributed by atoms with E-state index in [0.29, 0.717) is 27.2 Å². The summed E-state index contributed by atoms with van der Waals surface area (Å²) in [6.07, 6.45) is 0. The number of hydrogen-bond donors (Lipinski definition) is 3. The summed E-state index contributed by atoms with van der Waals surface area (Å²) >= 11 is 5.98. The molecule has 28 heavy (non-hydrogen) atoms. The van der Waals surface area contributed by atoms with Gasteiger partial charge in [-0.2, -0.15) is 0 Å². The van der Waals surface area contributed by atoms with Gasteiger partial charge in [0.05, 0.1) is 11.4 Å². The van der Waals surface area contributed by atoms with E-state index in [2.05, 4.69) is 5.32 Å². The maximum absolute atomic E-state index is 14.1. The van der Waals surface area contributed by atoms with Crippen molar-refractivity contribution in [3.05, 3.63) is 64.1 Å². The van der Waals surface area contributed by atoms with Crippen LogP contribution in [0.25, 0.3) is 10.9 Å². The van der Waals surface area contributed by atoms with Gasteiger partial charge >= 0.3 is 0 Å². The van der Waals surface area contributed by atoms with Crippen molar-refractivity contribution >= 4 is 34.3 Å². The number of aromatic nitrogens is 1. The Morgan fingerprint density at radius 1 is 1.29 bits per heavy atom. The van der Waals surface area contributed by atoms with Gasteiger partial charge in [0, 0.05) is 27.7 Å². The number of carbonyl (C=O) groups is 2. The van der Waals surface area contributed by atoms with Crippen molar-refractivity contribution in [2.45, 2.75) is 19.8 Å². The SMILES string of the molecule is Cc1c([C@@H](C)C(=O)NCO)c2cc(O)c(F)cc2n1C(=O)c1cccc(Cl)c1. The van der Waals surface area contributed by atoms with Gasteiger partial charge in [0.25, 0.3) is 5.91 Å².